The van der Waals surface area contributed by atoms with Crippen LogP contribution in [0.3, 0.4) is 0 Å². The van der Waals surface area contributed by atoms with Gasteiger partial charge in [0.25, 0.3) is 0 Å². The van der Waals surface area contributed by atoms with E-state index in [0.717, 1.165) is 25.7 Å². The molecular weight excluding hydrogens is 540 g/mol. The van der Waals surface area contributed by atoms with E-state index in [4.69, 9.17) is 14.2 Å². The van der Waals surface area contributed by atoms with Gasteiger partial charge in [-0.25, -0.2) is 4.79 Å². The van der Waals surface area contributed by atoms with Gasteiger partial charge in [-0.05, 0) is 30.0 Å². The second-order valence-corrected chi connectivity index (χ2v) is 10.4. The summed E-state index contributed by atoms with van der Waals surface area (Å²) in [6, 6.07) is 4.58. The van der Waals surface area contributed by atoms with Crippen LogP contribution in [0, 0.1) is 5.92 Å². The Morgan fingerprint density at radius 3 is 2.32 bits per heavy atom. The number of aliphatic carboxylic acids is 1. The minimum atomic E-state index is -1.88. The van der Waals surface area contributed by atoms with E-state index in [1.54, 1.807) is 12.1 Å². The largest absolute Gasteiger partial charge is 0.479 e. The Balaban J connectivity index is 1.97. The lowest BCUT2D eigenvalue weighted by Crippen LogP contribution is -2.61. The van der Waals surface area contributed by atoms with E-state index < -0.39 is 42.6 Å². The number of aliphatic hydroxyl groups excluding tert-OH is 3. The van der Waals surface area contributed by atoms with Crippen molar-refractivity contribution >= 4 is 23.8 Å². The number of rotatable bonds is 16. The Morgan fingerprint density at radius 1 is 0.951 bits per heavy atom. The lowest BCUT2D eigenvalue weighted by Gasteiger charge is -2.38. The highest BCUT2D eigenvalue weighted by molar-refractivity contribution is 5.79. The lowest BCUT2D eigenvalue weighted by molar-refractivity contribution is -0.271. The standard InChI is InChI=1S/C28H42N2O11/c1-16(2)7-5-4-6-8-21(32)29-12-11-22(33)30-14-19-13-18(15-39-17(3)31)9-10-20(19)40-28-25(36)23(34)24(35)26(41-28)27(37)38/h9-10,13,16,23-26,28,34-36H,4-8,11-12,14-15H2,1-3H3,(H,29,32)(H,30,33)(H,37,38). The predicted molar refractivity (Wildman–Crippen MR) is 144 cm³/mol. The topological polar surface area (TPSA) is 201 Å². The van der Waals surface area contributed by atoms with Crippen LogP contribution in [-0.2, 0) is 41.8 Å². The second kappa shape index (κ2) is 16.9. The van der Waals surface area contributed by atoms with Crippen LogP contribution < -0.4 is 15.4 Å². The molecule has 1 aromatic carbocycles. The molecule has 1 aromatic rings. The normalized spacial score (nSPS) is 22.2. The zero-order valence-corrected chi connectivity index (χ0v) is 23.7. The van der Waals surface area contributed by atoms with Crippen LogP contribution in [0.5, 0.6) is 5.75 Å². The molecule has 5 unspecified atom stereocenters. The molecule has 0 aliphatic carbocycles. The van der Waals surface area contributed by atoms with E-state index >= 15 is 0 Å². The number of carboxylic acid groups (broad SMARTS) is 1. The first-order chi connectivity index (χ1) is 19.4. The highest BCUT2D eigenvalue weighted by Gasteiger charge is 2.48. The van der Waals surface area contributed by atoms with Crippen molar-refractivity contribution in [2.45, 2.75) is 103 Å². The van der Waals surface area contributed by atoms with E-state index in [0.29, 0.717) is 23.5 Å². The molecule has 0 aromatic heterocycles. The number of unbranched alkanes of at least 4 members (excludes halogenated alkanes) is 2. The molecule has 13 nitrogen and oxygen atoms in total. The number of ether oxygens (including phenoxy) is 3. The summed E-state index contributed by atoms with van der Waals surface area (Å²) < 4.78 is 15.9. The van der Waals surface area contributed by atoms with Crippen LogP contribution in [0.2, 0.25) is 0 Å². The lowest BCUT2D eigenvalue weighted by atomic mass is 9.99. The molecule has 1 aliphatic heterocycles. The van der Waals surface area contributed by atoms with E-state index in [1.807, 2.05) is 0 Å². The van der Waals surface area contributed by atoms with E-state index in [9.17, 15) is 39.6 Å². The van der Waals surface area contributed by atoms with Crippen LogP contribution in [0.25, 0.3) is 0 Å². The first-order valence-corrected chi connectivity index (χ1v) is 13.8. The van der Waals surface area contributed by atoms with Crippen molar-refractivity contribution in [1.29, 1.82) is 0 Å². The summed E-state index contributed by atoms with van der Waals surface area (Å²) in [6.07, 6.45) is -4.60. The number of esters is 1. The minimum Gasteiger partial charge on any atom is -0.479 e. The Labute approximate surface area is 239 Å². The number of hydrogen-bond acceptors (Lipinski definition) is 10. The second-order valence-electron chi connectivity index (χ2n) is 10.4. The third kappa shape index (κ3) is 11.6. The highest BCUT2D eigenvalue weighted by Crippen LogP contribution is 2.28. The molecule has 0 bridgehead atoms. The van der Waals surface area contributed by atoms with Gasteiger partial charge in [-0.3, -0.25) is 14.4 Å². The van der Waals surface area contributed by atoms with Gasteiger partial charge in [0.1, 0.15) is 30.7 Å². The average molecular weight is 583 g/mol. The monoisotopic (exact) mass is 582 g/mol. The van der Waals surface area contributed by atoms with Crippen molar-refractivity contribution in [2.75, 3.05) is 6.54 Å². The molecule has 1 saturated heterocycles. The number of carbonyl (C=O) groups excluding carboxylic acids is 3. The van der Waals surface area contributed by atoms with Crippen LogP contribution in [0.15, 0.2) is 18.2 Å². The number of carbonyl (C=O) groups is 4. The predicted octanol–water partition coefficient (Wildman–Crippen LogP) is 0.750. The van der Waals surface area contributed by atoms with Gasteiger partial charge in [0, 0.05) is 38.4 Å². The fourth-order valence-corrected chi connectivity index (χ4v) is 4.14. The van der Waals surface area contributed by atoms with E-state index in [-0.39, 0.29) is 43.7 Å². The maximum Gasteiger partial charge on any atom is 0.335 e. The van der Waals surface area contributed by atoms with Crippen molar-refractivity contribution in [3.05, 3.63) is 29.3 Å². The number of nitrogens with one attached hydrogen (secondary N) is 2. The average Bonchev–Trinajstić information content (AvgIpc) is 2.91. The fraction of sp³-hybridized carbons (Fsp3) is 0.643. The number of carboxylic acids is 1. The van der Waals surface area contributed by atoms with E-state index in [1.165, 1.54) is 13.0 Å². The number of benzene rings is 1. The number of aliphatic hydroxyl groups is 3. The molecule has 0 saturated carbocycles. The summed E-state index contributed by atoms with van der Waals surface area (Å²) in [4.78, 5) is 47.1. The van der Waals surface area contributed by atoms with Gasteiger partial charge in [0.05, 0.1) is 0 Å². The molecule has 1 heterocycles. The number of amides is 2. The fourth-order valence-electron chi connectivity index (χ4n) is 4.14. The van der Waals surface area contributed by atoms with Crippen molar-refractivity contribution in [3.8, 4) is 5.75 Å². The summed E-state index contributed by atoms with van der Waals surface area (Å²) in [7, 11) is 0. The van der Waals surface area contributed by atoms with Crippen molar-refractivity contribution < 1.29 is 53.8 Å². The Bertz CT molecular complexity index is 1030. The highest BCUT2D eigenvalue weighted by atomic mass is 16.7. The number of hydrogen-bond donors (Lipinski definition) is 6. The Kier molecular flexibility index (Phi) is 14.0. The third-order valence-electron chi connectivity index (χ3n) is 6.46. The SMILES string of the molecule is CC(=O)OCc1ccc(OC2OC(C(=O)O)C(O)C(O)C2O)c(CNC(=O)CCNC(=O)CCCCCC(C)C)c1. The molecule has 1 aliphatic rings. The molecule has 1 fully saturated rings. The minimum absolute atomic E-state index is 0.0250. The molecule has 13 heteroatoms. The first kappa shape index (κ1) is 33.9. The van der Waals surface area contributed by atoms with Gasteiger partial charge in [0.2, 0.25) is 18.1 Å². The van der Waals surface area contributed by atoms with Gasteiger partial charge < -0.3 is 45.3 Å². The zero-order chi connectivity index (χ0) is 30.5. The summed E-state index contributed by atoms with van der Waals surface area (Å²) >= 11 is 0. The van der Waals surface area contributed by atoms with Gasteiger partial charge in [-0.1, -0.05) is 39.2 Å². The van der Waals surface area contributed by atoms with Gasteiger partial charge in [0.15, 0.2) is 6.10 Å². The third-order valence-corrected chi connectivity index (χ3v) is 6.46. The van der Waals surface area contributed by atoms with Gasteiger partial charge in [-0.2, -0.15) is 0 Å². The van der Waals surface area contributed by atoms with Crippen LogP contribution in [-0.4, -0.2) is 81.4 Å². The van der Waals surface area contributed by atoms with Crippen LogP contribution >= 0.6 is 0 Å². The summed E-state index contributed by atoms with van der Waals surface area (Å²) in [5.74, 6) is -1.81. The molecule has 230 valence electrons. The maximum atomic E-state index is 12.4. The summed E-state index contributed by atoms with van der Waals surface area (Å²) in [6.45, 7) is 5.61. The zero-order valence-electron chi connectivity index (χ0n) is 23.7. The molecule has 41 heavy (non-hydrogen) atoms. The Morgan fingerprint density at radius 2 is 1.66 bits per heavy atom. The smallest absolute Gasteiger partial charge is 0.335 e. The molecule has 2 rings (SSSR count). The van der Waals surface area contributed by atoms with Gasteiger partial charge in [-0.15, -0.1) is 0 Å². The van der Waals surface area contributed by atoms with Crippen LogP contribution in [0.4, 0.5) is 0 Å². The summed E-state index contributed by atoms with van der Waals surface area (Å²) in [5.41, 5.74) is 0.929. The molecule has 0 spiro atoms. The van der Waals surface area contributed by atoms with Crippen molar-refractivity contribution in [1.82, 2.24) is 10.6 Å². The summed E-state index contributed by atoms with van der Waals surface area (Å²) in [5, 5.41) is 45.0. The van der Waals surface area contributed by atoms with Crippen molar-refractivity contribution in [3.63, 3.8) is 0 Å². The maximum absolute atomic E-state index is 12.4. The molecular formula is C28H42N2O11. The van der Waals surface area contributed by atoms with Crippen molar-refractivity contribution in [2.24, 2.45) is 5.92 Å². The van der Waals surface area contributed by atoms with E-state index in [2.05, 4.69) is 24.5 Å². The van der Waals surface area contributed by atoms with Crippen LogP contribution in [0.1, 0.15) is 70.4 Å². The first-order valence-electron chi connectivity index (χ1n) is 13.8. The molecule has 0 radical (unpaired) electrons. The quantitative estimate of drug-likeness (QED) is 0.119. The van der Waals surface area contributed by atoms with Gasteiger partial charge >= 0.3 is 11.9 Å². The molecule has 6 N–H and O–H groups in total. The molecule has 5 atom stereocenters. The Hall–Kier alpha value is -3.26. The molecule has 2 amide bonds.